The fourth-order valence-corrected chi connectivity index (χ4v) is 2.57. The largest absolute Gasteiger partial charge is 0.326 e. The number of halogens is 1. The second-order valence-electron chi connectivity index (χ2n) is 3.76. The van der Waals surface area contributed by atoms with Crippen LogP contribution in [0.2, 0.25) is 0 Å². The van der Waals surface area contributed by atoms with Crippen LogP contribution in [-0.4, -0.2) is 16.8 Å². The summed E-state index contributed by atoms with van der Waals surface area (Å²) in [5, 5.41) is 3.89. The number of amides is 1. The quantitative estimate of drug-likeness (QED) is 0.862. The first-order valence-electron chi connectivity index (χ1n) is 5.42. The molecule has 17 heavy (non-hydrogen) atoms. The van der Waals surface area contributed by atoms with Crippen LogP contribution in [-0.2, 0) is 4.79 Å². The summed E-state index contributed by atoms with van der Waals surface area (Å²) >= 11 is 7.17. The standard InChI is InChI=1S/C12H13ClN2OS/c1-8-14-10-5-4-9(7-11(10)17-8)15-12(16)3-2-6-13/h4-5,7H,2-3,6H2,1H3,(H,15,16). The van der Waals surface area contributed by atoms with Crippen molar-refractivity contribution < 1.29 is 4.79 Å². The van der Waals surface area contributed by atoms with E-state index in [2.05, 4.69) is 10.3 Å². The lowest BCUT2D eigenvalue weighted by atomic mass is 10.2. The van der Waals surface area contributed by atoms with Crippen LogP contribution in [0.3, 0.4) is 0 Å². The normalized spacial score (nSPS) is 10.7. The number of aryl methyl sites for hydroxylation is 1. The van der Waals surface area contributed by atoms with Gasteiger partial charge in [0.15, 0.2) is 0 Å². The first kappa shape index (κ1) is 12.3. The number of fused-ring (bicyclic) bond motifs is 1. The van der Waals surface area contributed by atoms with E-state index in [1.165, 1.54) is 0 Å². The SMILES string of the molecule is Cc1nc2ccc(NC(=O)CCCCl)cc2s1. The van der Waals surface area contributed by atoms with Gasteiger partial charge in [-0.1, -0.05) is 0 Å². The van der Waals surface area contributed by atoms with Crippen LogP contribution in [0.4, 0.5) is 5.69 Å². The molecule has 0 bridgehead atoms. The van der Waals surface area contributed by atoms with Gasteiger partial charge in [0.25, 0.3) is 0 Å². The maximum atomic E-state index is 11.5. The average Bonchev–Trinajstić information content (AvgIpc) is 2.65. The van der Waals surface area contributed by atoms with Crippen LogP contribution in [0.15, 0.2) is 18.2 Å². The Morgan fingerprint density at radius 2 is 2.35 bits per heavy atom. The highest BCUT2D eigenvalue weighted by atomic mass is 35.5. The van der Waals surface area contributed by atoms with E-state index in [1.807, 2.05) is 25.1 Å². The number of hydrogen-bond acceptors (Lipinski definition) is 3. The molecule has 1 aromatic heterocycles. The molecule has 0 aliphatic rings. The third-order valence-electron chi connectivity index (χ3n) is 2.32. The third-order valence-corrected chi connectivity index (χ3v) is 3.52. The number of aromatic nitrogens is 1. The molecule has 1 aromatic carbocycles. The van der Waals surface area contributed by atoms with Gasteiger partial charge in [-0.3, -0.25) is 4.79 Å². The minimum atomic E-state index is 0.00578. The number of benzene rings is 1. The Labute approximate surface area is 109 Å². The summed E-state index contributed by atoms with van der Waals surface area (Å²) in [4.78, 5) is 15.9. The van der Waals surface area contributed by atoms with Crippen LogP contribution in [0.25, 0.3) is 10.2 Å². The molecule has 0 spiro atoms. The van der Waals surface area contributed by atoms with Crippen LogP contribution in [0, 0.1) is 6.92 Å². The van der Waals surface area contributed by atoms with Gasteiger partial charge in [0.2, 0.25) is 5.91 Å². The van der Waals surface area contributed by atoms with Gasteiger partial charge in [-0.25, -0.2) is 4.98 Å². The van der Waals surface area contributed by atoms with E-state index in [0.717, 1.165) is 20.9 Å². The van der Waals surface area contributed by atoms with Gasteiger partial charge in [0.05, 0.1) is 15.2 Å². The molecule has 0 radical (unpaired) electrons. The van der Waals surface area contributed by atoms with Crippen LogP contribution in [0.1, 0.15) is 17.8 Å². The Bertz CT molecular complexity index is 538. The highest BCUT2D eigenvalue weighted by Crippen LogP contribution is 2.24. The van der Waals surface area contributed by atoms with Crippen molar-refractivity contribution in [3.05, 3.63) is 23.2 Å². The van der Waals surface area contributed by atoms with Crippen LogP contribution < -0.4 is 5.32 Å². The molecule has 2 rings (SSSR count). The summed E-state index contributed by atoms with van der Waals surface area (Å²) in [5.41, 5.74) is 1.80. The predicted octanol–water partition coefficient (Wildman–Crippen LogP) is 3.56. The summed E-state index contributed by atoms with van der Waals surface area (Å²) < 4.78 is 1.10. The van der Waals surface area contributed by atoms with E-state index in [1.54, 1.807) is 11.3 Å². The third kappa shape index (κ3) is 3.17. The van der Waals surface area contributed by atoms with E-state index in [-0.39, 0.29) is 5.91 Å². The van der Waals surface area contributed by atoms with E-state index in [9.17, 15) is 4.79 Å². The topological polar surface area (TPSA) is 42.0 Å². The van der Waals surface area contributed by atoms with Crippen molar-refractivity contribution in [1.82, 2.24) is 4.98 Å². The lowest BCUT2D eigenvalue weighted by Gasteiger charge is -2.03. The molecule has 5 heteroatoms. The molecule has 0 saturated heterocycles. The Morgan fingerprint density at radius 3 is 3.12 bits per heavy atom. The zero-order valence-corrected chi connectivity index (χ0v) is 11.1. The maximum Gasteiger partial charge on any atom is 0.224 e. The molecule has 90 valence electrons. The molecule has 0 fully saturated rings. The number of nitrogens with zero attached hydrogens (tertiary/aromatic N) is 1. The number of nitrogens with one attached hydrogen (secondary N) is 1. The number of alkyl halides is 1. The smallest absolute Gasteiger partial charge is 0.224 e. The van der Waals surface area contributed by atoms with Crippen LogP contribution >= 0.6 is 22.9 Å². The van der Waals surface area contributed by atoms with Crippen LogP contribution in [0.5, 0.6) is 0 Å². The molecule has 1 amide bonds. The summed E-state index contributed by atoms with van der Waals surface area (Å²) in [5.74, 6) is 0.520. The van der Waals surface area contributed by atoms with Gasteiger partial charge >= 0.3 is 0 Å². The highest BCUT2D eigenvalue weighted by molar-refractivity contribution is 7.18. The molecule has 0 unspecified atom stereocenters. The average molecular weight is 269 g/mol. The maximum absolute atomic E-state index is 11.5. The predicted molar refractivity (Wildman–Crippen MR) is 72.9 cm³/mol. The molecule has 0 aliphatic carbocycles. The van der Waals surface area contributed by atoms with E-state index in [0.29, 0.717) is 18.7 Å². The molecule has 0 saturated carbocycles. The number of carbonyl (C=O) groups excluding carboxylic acids is 1. The molecule has 1 heterocycles. The number of anilines is 1. The zero-order valence-electron chi connectivity index (χ0n) is 9.50. The molecular weight excluding hydrogens is 256 g/mol. The van der Waals surface area contributed by atoms with Crippen molar-refractivity contribution in [2.24, 2.45) is 0 Å². The molecule has 2 aromatic rings. The van der Waals surface area contributed by atoms with Gasteiger partial charge in [-0.15, -0.1) is 22.9 Å². The Hall–Kier alpha value is -1.13. The molecule has 0 aliphatic heterocycles. The summed E-state index contributed by atoms with van der Waals surface area (Å²) in [6.07, 6.45) is 1.17. The van der Waals surface area contributed by atoms with Gasteiger partial charge < -0.3 is 5.32 Å². The first-order valence-corrected chi connectivity index (χ1v) is 6.77. The lowest BCUT2D eigenvalue weighted by Crippen LogP contribution is -2.11. The van der Waals surface area contributed by atoms with E-state index >= 15 is 0 Å². The van der Waals surface area contributed by atoms with Gasteiger partial charge in [-0.05, 0) is 31.5 Å². The fourth-order valence-electron chi connectivity index (χ4n) is 1.57. The Balaban J connectivity index is 2.10. The Kier molecular flexibility index (Phi) is 3.97. The number of rotatable bonds is 4. The minimum Gasteiger partial charge on any atom is -0.326 e. The van der Waals surface area contributed by atoms with Gasteiger partial charge in [-0.2, -0.15) is 0 Å². The molecule has 0 atom stereocenters. The Morgan fingerprint density at radius 1 is 1.53 bits per heavy atom. The summed E-state index contributed by atoms with van der Waals surface area (Å²) in [6.45, 7) is 1.98. The zero-order chi connectivity index (χ0) is 12.3. The molecular formula is C12H13ClN2OS. The summed E-state index contributed by atoms with van der Waals surface area (Å²) in [6, 6.07) is 5.76. The van der Waals surface area contributed by atoms with Crippen molar-refractivity contribution in [2.75, 3.05) is 11.2 Å². The van der Waals surface area contributed by atoms with E-state index in [4.69, 9.17) is 11.6 Å². The monoisotopic (exact) mass is 268 g/mol. The first-order chi connectivity index (χ1) is 8.19. The minimum absolute atomic E-state index is 0.00578. The van der Waals surface area contributed by atoms with Crippen molar-refractivity contribution in [1.29, 1.82) is 0 Å². The highest BCUT2D eigenvalue weighted by Gasteiger charge is 2.04. The second kappa shape index (κ2) is 5.47. The fraction of sp³-hybridized carbons (Fsp3) is 0.333. The number of carbonyl (C=O) groups is 1. The number of thiazole rings is 1. The molecule has 1 N–H and O–H groups in total. The van der Waals surface area contributed by atoms with E-state index < -0.39 is 0 Å². The van der Waals surface area contributed by atoms with Crippen molar-refractivity contribution in [2.45, 2.75) is 19.8 Å². The molecule has 3 nitrogen and oxygen atoms in total. The van der Waals surface area contributed by atoms with Gasteiger partial charge in [0, 0.05) is 18.0 Å². The lowest BCUT2D eigenvalue weighted by molar-refractivity contribution is -0.116. The van der Waals surface area contributed by atoms with Crippen molar-refractivity contribution in [3.8, 4) is 0 Å². The summed E-state index contributed by atoms with van der Waals surface area (Å²) in [7, 11) is 0. The van der Waals surface area contributed by atoms with Crippen molar-refractivity contribution >= 4 is 44.7 Å². The number of hydrogen-bond donors (Lipinski definition) is 1. The van der Waals surface area contributed by atoms with Crippen molar-refractivity contribution in [3.63, 3.8) is 0 Å². The van der Waals surface area contributed by atoms with Gasteiger partial charge in [0.1, 0.15) is 0 Å². The second-order valence-corrected chi connectivity index (χ2v) is 5.37.